The van der Waals surface area contributed by atoms with Gasteiger partial charge < -0.3 is 9.84 Å². The molecule has 3 aromatic rings. The van der Waals surface area contributed by atoms with Crippen LogP contribution in [0.25, 0.3) is 11.4 Å². The van der Waals surface area contributed by atoms with Gasteiger partial charge in [-0.3, -0.25) is 4.79 Å². The zero-order chi connectivity index (χ0) is 24.0. The van der Waals surface area contributed by atoms with Crippen molar-refractivity contribution in [3.63, 3.8) is 0 Å². The van der Waals surface area contributed by atoms with E-state index >= 15 is 0 Å². The molecule has 0 aliphatic carbocycles. The van der Waals surface area contributed by atoms with Gasteiger partial charge in [0, 0.05) is 0 Å². The van der Waals surface area contributed by atoms with Crippen molar-refractivity contribution >= 4 is 23.9 Å². The van der Waals surface area contributed by atoms with E-state index in [-0.39, 0.29) is 28.6 Å². The van der Waals surface area contributed by atoms with Crippen LogP contribution in [0.3, 0.4) is 0 Å². The lowest BCUT2D eigenvalue weighted by Gasteiger charge is -2.18. The molecule has 0 aliphatic heterocycles. The summed E-state index contributed by atoms with van der Waals surface area (Å²) in [4.78, 5) is 12.2. The van der Waals surface area contributed by atoms with Crippen molar-refractivity contribution in [2.75, 3.05) is 12.9 Å². The Hall–Kier alpha value is -3.33. The van der Waals surface area contributed by atoms with Crippen LogP contribution in [0.1, 0.15) is 38.8 Å². The second kappa shape index (κ2) is 10.5. The predicted molar refractivity (Wildman–Crippen MR) is 127 cm³/mol. The number of amides is 1. The number of aromatic nitrogens is 3. The molecule has 0 atom stereocenters. The minimum atomic E-state index is -0.259. The lowest BCUT2D eigenvalue weighted by Crippen LogP contribution is -2.36. The van der Waals surface area contributed by atoms with E-state index in [9.17, 15) is 9.90 Å². The topological polar surface area (TPSA) is 106 Å². The number of rotatable bonds is 8. The van der Waals surface area contributed by atoms with Crippen LogP contribution >= 0.6 is 11.8 Å². The van der Waals surface area contributed by atoms with Crippen LogP contribution in [0.4, 0.5) is 0 Å². The Morgan fingerprint density at radius 3 is 2.64 bits per heavy atom. The van der Waals surface area contributed by atoms with Crippen LogP contribution < -0.4 is 19.8 Å². The maximum atomic E-state index is 12.2. The zero-order valence-corrected chi connectivity index (χ0v) is 20.3. The number of nitrogens with one attached hydrogen (secondary N) is 2. The predicted octanol–water partition coefficient (Wildman–Crippen LogP) is 3.01. The number of benzene rings is 2. The van der Waals surface area contributed by atoms with Crippen molar-refractivity contribution in [2.24, 2.45) is 5.10 Å². The number of hydrogen-bond acceptors (Lipinski definition) is 6. The summed E-state index contributed by atoms with van der Waals surface area (Å²) in [6.07, 6.45) is 1.46. The summed E-state index contributed by atoms with van der Waals surface area (Å²) in [7, 11) is 1.43. The molecule has 2 N–H and O–H groups in total. The minimum absolute atomic E-state index is 0.0929. The van der Waals surface area contributed by atoms with Gasteiger partial charge >= 0.3 is 5.16 Å². The van der Waals surface area contributed by atoms with Gasteiger partial charge in [0.2, 0.25) is 0 Å². The Bertz CT molecular complexity index is 1130. The van der Waals surface area contributed by atoms with Crippen molar-refractivity contribution in [1.82, 2.24) is 15.6 Å². The molecule has 0 fully saturated rings. The highest BCUT2D eigenvalue weighted by atomic mass is 32.2. The lowest BCUT2D eigenvalue weighted by atomic mass is 9.87. The van der Waals surface area contributed by atoms with Crippen molar-refractivity contribution < 1.29 is 19.2 Å². The largest absolute Gasteiger partial charge is 0.870 e. The van der Waals surface area contributed by atoms with E-state index < -0.39 is 0 Å². The molecule has 0 saturated carbocycles. The molecule has 3 rings (SSSR count). The molecule has 0 aliphatic rings. The number of hydrogen-bond donors (Lipinski definition) is 2. The number of ether oxygens (including phenoxy) is 1. The van der Waals surface area contributed by atoms with Crippen LogP contribution in [0.5, 0.6) is 11.5 Å². The second-order valence-electron chi connectivity index (χ2n) is 8.42. The van der Waals surface area contributed by atoms with Gasteiger partial charge in [0.05, 0.1) is 36.3 Å². The van der Waals surface area contributed by atoms with Gasteiger partial charge in [0.15, 0.2) is 0 Å². The van der Waals surface area contributed by atoms with Crippen molar-refractivity contribution in [2.45, 2.75) is 44.8 Å². The normalized spacial score (nSPS) is 11.7. The van der Waals surface area contributed by atoms with E-state index in [1.165, 1.54) is 36.7 Å². The number of thioether (sulfide) groups is 1. The smallest absolute Gasteiger partial charge is 0.337 e. The van der Waals surface area contributed by atoms with Crippen LogP contribution in [-0.2, 0) is 16.8 Å². The first-order valence-corrected chi connectivity index (χ1v) is 11.6. The molecule has 174 valence electrons. The molecule has 0 saturated heterocycles. The number of carbonyl (C=O) groups excluding carboxylic acids is 1. The SMILES string of the molecule is CC[n+]1c(SCC(=O)N/N=C/c2ccc([O-])c(OC)c2)n[nH]c1-c1ccc(C(C)(C)C)cc1. The van der Waals surface area contributed by atoms with Crippen LogP contribution in [0.2, 0.25) is 0 Å². The zero-order valence-electron chi connectivity index (χ0n) is 19.5. The third-order valence-corrected chi connectivity index (χ3v) is 6.00. The molecular formula is C24H29N5O3S. The number of hydrazone groups is 1. The molecule has 8 nitrogen and oxygen atoms in total. The van der Waals surface area contributed by atoms with Gasteiger partial charge in [0.1, 0.15) is 5.75 Å². The Balaban J connectivity index is 1.61. The fourth-order valence-electron chi connectivity index (χ4n) is 3.17. The summed E-state index contributed by atoms with van der Waals surface area (Å²) in [5.74, 6) is 0.822. The summed E-state index contributed by atoms with van der Waals surface area (Å²) in [6.45, 7) is 9.32. The average Bonchev–Trinajstić information content (AvgIpc) is 3.21. The first-order chi connectivity index (χ1) is 15.7. The summed E-state index contributed by atoms with van der Waals surface area (Å²) in [5, 5.41) is 23.7. The lowest BCUT2D eigenvalue weighted by molar-refractivity contribution is -0.719. The third-order valence-electron chi connectivity index (χ3n) is 5.02. The number of carbonyl (C=O) groups is 1. The number of H-pyrrole nitrogens is 1. The highest BCUT2D eigenvalue weighted by Gasteiger charge is 2.22. The average molecular weight is 468 g/mol. The molecule has 9 heteroatoms. The summed E-state index contributed by atoms with van der Waals surface area (Å²) in [6, 6.07) is 13.0. The Kier molecular flexibility index (Phi) is 7.75. The van der Waals surface area contributed by atoms with Gasteiger partial charge in [-0.2, -0.15) is 5.10 Å². The highest BCUT2D eigenvalue weighted by molar-refractivity contribution is 7.99. The number of methoxy groups -OCH3 is 1. The maximum Gasteiger partial charge on any atom is 0.337 e. The quantitative estimate of drug-likeness (QED) is 0.229. The highest BCUT2D eigenvalue weighted by Crippen LogP contribution is 2.25. The number of nitrogens with zero attached hydrogens (tertiary/aromatic N) is 3. The van der Waals surface area contributed by atoms with E-state index in [0.29, 0.717) is 12.1 Å². The van der Waals surface area contributed by atoms with Crippen LogP contribution in [0, 0.1) is 0 Å². The molecule has 1 heterocycles. The molecule has 33 heavy (non-hydrogen) atoms. The van der Waals surface area contributed by atoms with Gasteiger partial charge in [0.25, 0.3) is 11.7 Å². The standard InChI is InChI=1S/C24H29N5O3S/c1-6-29-22(17-8-10-18(11-9-17)24(2,3)4)27-28-23(29)33-15-21(31)26-25-14-16-7-12-19(30)20(13-16)32-5/h7-14H,6,15H2,1-5H3,(H2,25,26,30,31). The van der Waals surface area contributed by atoms with E-state index in [2.05, 4.69) is 65.8 Å². The van der Waals surface area contributed by atoms with Gasteiger partial charge in [-0.05, 0) is 53.4 Å². The minimum Gasteiger partial charge on any atom is -0.870 e. The van der Waals surface area contributed by atoms with Gasteiger partial charge in [-0.15, -0.1) is 5.10 Å². The second-order valence-corrected chi connectivity index (χ2v) is 9.36. The molecule has 0 bridgehead atoms. The van der Waals surface area contributed by atoms with Crippen molar-refractivity contribution in [3.05, 3.63) is 53.6 Å². The van der Waals surface area contributed by atoms with Crippen LogP contribution in [0.15, 0.2) is 52.7 Å². The first kappa shape index (κ1) is 24.3. The van der Waals surface area contributed by atoms with E-state index in [1.54, 1.807) is 12.1 Å². The molecule has 0 spiro atoms. The monoisotopic (exact) mass is 467 g/mol. The fraction of sp³-hybridized carbons (Fsp3) is 0.333. The number of aromatic amines is 1. The molecule has 0 radical (unpaired) electrons. The summed E-state index contributed by atoms with van der Waals surface area (Å²) >= 11 is 1.33. The molecule has 1 amide bonds. The molecule has 1 aromatic heterocycles. The first-order valence-electron chi connectivity index (χ1n) is 10.6. The molecule has 0 unspecified atom stereocenters. The Morgan fingerprint density at radius 1 is 1.27 bits per heavy atom. The third kappa shape index (κ3) is 6.13. The van der Waals surface area contributed by atoms with Crippen molar-refractivity contribution in [3.8, 4) is 22.9 Å². The van der Waals surface area contributed by atoms with Gasteiger partial charge in [-0.25, -0.2) is 9.99 Å². The molecule has 2 aromatic carbocycles. The summed E-state index contributed by atoms with van der Waals surface area (Å²) < 4.78 is 7.05. The maximum absolute atomic E-state index is 12.2. The van der Waals surface area contributed by atoms with Gasteiger partial charge in [-0.1, -0.05) is 50.8 Å². The van der Waals surface area contributed by atoms with E-state index in [4.69, 9.17) is 4.74 Å². The van der Waals surface area contributed by atoms with Crippen molar-refractivity contribution in [1.29, 1.82) is 0 Å². The van der Waals surface area contributed by atoms with E-state index in [0.717, 1.165) is 16.5 Å². The Morgan fingerprint density at radius 2 is 2.00 bits per heavy atom. The molecular weight excluding hydrogens is 438 g/mol. The van der Waals surface area contributed by atoms with E-state index in [1.807, 2.05) is 11.5 Å². The van der Waals surface area contributed by atoms with Crippen LogP contribution in [-0.4, -0.2) is 35.2 Å². The summed E-state index contributed by atoms with van der Waals surface area (Å²) in [5.41, 5.74) is 5.54. The Labute approximate surface area is 198 Å². The fourth-order valence-corrected chi connectivity index (χ4v) is 3.99.